The number of hydrogen-bond acceptors (Lipinski definition) is 5. The maximum atomic E-state index is 5.92. The molecule has 1 N–H and O–H groups in total. The first kappa shape index (κ1) is 13.5. The molecular weight excluding hydrogens is 272 g/mol. The van der Waals surface area contributed by atoms with E-state index in [-0.39, 0.29) is 0 Å². The van der Waals surface area contributed by atoms with Gasteiger partial charge in [-0.15, -0.1) is 0 Å². The van der Waals surface area contributed by atoms with Crippen LogP contribution < -0.4 is 5.32 Å². The Morgan fingerprint density at radius 3 is 3.06 bits per heavy atom. The highest BCUT2D eigenvalue weighted by molar-refractivity contribution is 7.22. The lowest BCUT2D eigenvalue weighted by atomic mass is 10.3. The third-order valence-corrected chi connectivity index (χ3v) is 3.53. The number of aromatic nitrogens is 1. The highest BCUT2D eigenvalue weighted by Crippen LogP contribution is 2.27. The van der Waals surface area contributed by atoms with E-state index in [1.165, 1.54) is 0 Å². The molecule has 18 heavy (non-hydrogen) atoms. The van der Waals surface area contributed by atoms with Gasteiger partial charge in [0.25, 0.3) is 0 Å². The Labute approximate surface area is 115 Å². The summed E-state index contributed by atoms with van der Waals surface area (Å²) in [6.45, 7) is 2.62. The molecule has 0 unspecified atom stereocenters. The van der Waals surface area contributed by atoms with Crippen molar-refractivity contribution in [3.63, 3.8) is 0 Å². The van der Waals surface area contributed by atoms with E-state index in [9.17, 15) is 0 Å². The Balaban J connectivity index is 1.81. The van der Waals surface area contributed by atoms with E-state index in [4.69, 9.17) is 21.1 Å². The van der Waals surface area contributed by atoms with Crippen molar-refractivity contribution in [2.24, 2.45) is 0 Å². The van der Waals surface area contributed by atoms with Gasteiger partial charge in [0, 0.05) is 18.7 Å². The second-order valence-electron chi connectivity index (χ2n) is 3.66. The normalized spacial score (nSPS) is 11.0. The van der Waals surface area contributed by atoms with E-state index in [2.05, 4.69) is 10.3 Å². The van der Waals surface area contributed by atoms with E-state index in [1.54, 1.807) is 18.4 Å². The first-order valence-electron chi connectivity index (χ1n) is 5.66. The summed E-state index contributed by atoms with van der Waals surface area (Å²) in [5.41, 5.74) is 0.926. The number of nitrogens with one attached hydrogen (secondary N) is 1. The van der Waals surface area contributed by atoms with Gasteiger partial charge in [0.1, 0.15) is 0 Å². The fourth-order valence-corrected chi connectivity index (χ4v) is 2.49. The topological polar surface area (TPSA) is 43.4 Å². The van der Waals surface area contributed by atoms with E-state index in [1.807, 2.05) is 18.2 Å². The van der Waals surface area contributed by atoms with E-state index >= 15 is 0 Å². The van der Waals surface area contributed by atoms with Gasteiger partial charge in [0.15, 0.2) is 5.13 Å². The van der Waals surface area contributed by atoms with Crippen LogP contribution in [0.15, 0.2) is 18.2 Å². The van der Waals surface area contributed by atoms with Gasteiger partial charge in [-0.25, -0.2) is 4.98 Å². The average Bonchev–Trinajstić information content (AvgIpc) is 2.75. The molecule has 1 heterocycles. The van der Waals surface area contributed by atoms with E-state index in [0.29, 0.717) is 24.8 Å². The molecule has 2 aromatic rings. The summed E-state index contributed by atoms with van der Waals surface area (Å²) in [6.07, 6.45) is 0. The van der Waals surface area contributed by atoms with Gasteiger partial charge >= 0.3 is 0 Å². The van der Waals surface area contributed by atoms with Crippen LogP contribution in [0.4, 0.5) is 5.13 Å². The minimum absolute atomic E-state index is 0.619. The number of hydrogen-bond donors (Lipinski definition) is 1. The van der Waals surface area contributed by atoms with Crippen LogP contribution >= 0.6 is 22.9 Å². The molecule has 0 fully saturated rings. The SMILES string of the molecule is COCCOCCNc1nc2cc(Cl)ccc2s1. The molecule has 98 valence electrons. The van der Waals surface area contributed by atoms with Crippen LogP contribution in [0.5, 0.6) is 0 Å². The lowest BCUT2D eigenvalue weighted by molar-refractivity contribution is 0.0759. The maximum Gasteiger partial charge on any atom is 0.183 e. The first-order chi connectivity index (χ1) is 8.79. The zero-order valence-electron chi connectivity index (χ0n) is 10.1. The number of thiazole rings is 1. The summed E-state index contributed by atoms with van der Waals surface area (Å²) in [4.78, 5) is 4.45. The minimum atomic E-state index is 0.619. The highest BCUT2D eigenvalue weighted by atomic mass is 35.5. The average molecular weight is 287 g/mol. The fourth-order valence-electron chi connectivity index (χ4n) is 1.45. The van der Waals surface area contributed by atoms with Gasteiger partial charge in [0.05, 0.1) is 30.0 Å². The number of nitrogens with zero attached hydrogens (tertiary/aromatic N) is 1. The lowest BCUT2D eigenvalue weighted by Crippen LogP contribution is -2.11. The van der Waals surface area contributed by atoms with Gasteiger partial charge < -0.3 is 14.8 Å². The molecule has 0 aliphatic heterocycles. The standard InChI is InChI=1S/C12H15ClN2O2S/c1-16-6-7-17-5-4-14-12-15-10-8-9(13)2-3-11(10)18-12/h2-3,8H,4-7H2,1H3,(H,14,15). The zero-order chi connectivity index (χ0) is 12.8. The lowest BCUT2D eigenvalue weighted by Gasteiger charge is -2.03. The monoisotopic (exact) mass is 286 g/mol. The minimum Gasteiger partial charge on any atom is -0.382 e. The van der Waals surface area contributed by atoms with Crippen LogP contribution in [-0.4, -0.2) is 38.5 Å². The molecular formula is C12H15ClN2O2S. The molecule has 0 saturated carbocycles. The molecule has 0 saturated heterocycles. The third-order valence-electron chi connectivity index (χ3n) is 2.30. The molecule has 4 nitrogen and oxygen atoms in total. The number of anilines is 1. The summed E-state index contributed by atoms with van der Waals surface area (Å²) in [5.74, 6) is 0. The van der Waals surface area contributed by atoms with Gasteiger partial charge in [0.2, 0.25) is 0 Å². The van der Waals surface area contributed by atoms with Crippen LogP contribution in [0.1, 0.15) is 0 Å². The van der Waals surface area contributed by atoms with Crippen LogP contribution in [0, 0.1) is 0 Å². The predicted molar refractivity (Wildman–Crippen MR) is 75.8 cm³/mol. The van der Waals surface area contributed by atoms with Crippen molar-refractivity contribution in [1.29, 1.82) is 0 Å². The van der Waals surface area contributed by atoms with Crippen molar-refractivity contribution in [1.82, 2.24) is 4.98 Å². The largest absolute Gasteiger partial charge is 0.382 e. The molecule has 0 aliphatic rings. The van der Waals surface area contributed by atoms with Gasteiger partial charge in [-0.3, -0.25) is 0 Å². The maximum absolute atomic E-state index is 5.92. The molecule has 0 atom stereocenters. The molecule has 0 radical (unpaired) electrons. The van der Waals surface area contributed by atoms with Crippen molar-refractivity contribution < 1.29 is 9.47 Å². The summed E-state index contributed by atoms with van der Waals surface area (Å²) >= 11 is 7.53. The molecule has 0 spiro atoms. The van der Waals surface area contributed by atoms with E-state index < -0.39 is 0 Å². The molecule has 0 bridgehead atoms. The number of fused-ring (bicyclic) bond motifs is 1. The second kappa shape index (κ2) is 6.89. The fraction of sp³-hybridized carbons (Fsp3) is 0.417. The quantitative estimate of drug-likeness (QED) is 0.795. The number of methoxy groups -OCH3 is 1. The number of benzene rings is 1. The molecule has 6 heteroatoms. The molecule has 1 aromatic carbocycles. The Bertz CT molecular complexity index is 504. The Morgan fingerprint density at radius 2 is 2.22 bits per heavy atom. The first-order valence-corrected chi connectivity index (χ1v) is 6.85. The van der Waals surface area contributed by atoms with Crippen LogP contribution in [0.2, 0.25) is 5.02 Å². The summed E-state index contributed by atoms with van der Waals surface area (Å²) in [6, 6.07) is 5.73. The Kier molecular flexibility index (Phi) is 5.19. The summed E-state index contributed by atoms with van der Waals surface area (Å²) in [7, 11) is 1.66. The number of ether oxygens (including phenoxy) is 2. The van der Waals surface area contributed by atoms with Crippen molar-refractivity contribution in [2.45, 2.75) is 0 Å². The molecule has 0 aliphatic carbocycles. The van der Waals surface area contributed by atoms with Crippen molar-refractivity contribution >= 4 is 38.3 Å². The zero-order valence-corrected chi connectivity index (χ0v) is 11.7. The number of halogens is 1. The summed E-state index contributed by atoms with van der Waals surface area (Å²) < 4.78 is 11.4. The van der Waals surface area contributed by atoms with Gasteiger partial charge in [-0.2, -0.15) is 0 Å². The predicted octanol–water partition coefficient (Wildman–Crippen LogP) is 3.02. The Hall–Kier alpha value is -0.880. The Morgan fingerprint density at radius 1 is 1.33 bits per heavy atom. The smallest absolute Gasteiger partial charge is 0.183 e. The summed E-state index contributed by atoms with van der Waals surface area (Å²) in [5, 5.41) is 4.83. The van der Waals surface area contributed by atoms with Crippen LogP contribution in [0.3, 0.4) is 0 Å². The van der Waals surface area contributed by atoms with Crippen LogP contribution in [-0.2, 0) is 9.47 Å². The molecule has 0 amide bonds. The van der Waals surface area contributed by atoms with Crippen molar-refractivity contribution in [2.75, 3.05) is 38.8 Å². The molecule has 1 aromatic heterocycles. The van der Waals surface area contributed by atoms with Crippen LogP contribution in [0.25, 0.3) is 10.2 Å². The van der Waals surface area contributed by atoms with Crippen molar-refractivity contribution in [3.8, 4) is 0 Å². The highest BCUT2D eigenvalue weighted by Gasteiger charge is 2.03. The number of rotatable bonds is 7. The van der Waals surface area contributed by atoms with Gasteiger partial charge in [-0.05, 0) is 18.2 Å². The molecule has 2 rings (SSSR count). The van der Waals surface area contributed by atoms with Gasteiger partial charge in [-0.1, -0.05) is 22.9 Å². The third kappa shape index (κ3) is 3.81. The van der Waals surface area contributed by atoms with Crippen molar-refractivity contribution in [3.05, 3.63) is 23.2 Å². The second-order valence-corrected chi connectivity index (χ2v) is 5.13. The van der Waals surface area contributed by atoms with E-state index in [0.717, 1.165) is 21.9 Å².